The summed E-state index contributed by atoms with van der Waals surface area (Å²) < 4.78 is 40.0. The number of hydrogen-bond acceptors (Lipinski definition) is 4. The molecule has 3 N–H and O–H groups in total. The van der Waals surface area contributed by atoms with Crippen LogP contribution in [0.5, 0.6) is 5.75 Å². The van der Waals surface area contributed by atoms with E-state index < -0.39 is 12.4 Å². The van der Waals surface area contributed by atoms with Crippen molar-refractivity contribution < 1.29 is 17.9 Å². The standard InChI is InChI=1S/C10H9F3N4O/c11-10(12,13)18-7-3-1-2-6(4-7)8(14)9-15-5-16-17-9/h1-5,8H,14H2,(H,15,16,17). The Balaban J connectivity index is 2.22. The molecular weight excluding hydrogens is 249 g/mol. The van der Waals surface area contributed by atoms with Crippen LogP contribution in [-0.4, -0.2) is 21.5 Å². The lowest BCUT2D eigenvalue weighted by atomic mass is 10.1. The van der Waals surface area contributed by atoms with Gasteiger partial charge in [-0.3, -0.25) is 5.10 Å². The van der Waals surface area contributed by atoms with E-state index in [-0.39, 0.29) is 5.75 Å². The Labute approximate surface area is 99.8 Å². The van der Waals surface area contributed by atoms with Crippen LogP contribution >= 0.6 is 0 Å². The first-order valence-corrected chi connectivity index (χ1v) is 4.92. The second kappa shape index (κ2) is 4.65. The Bertz CT molecular complexity index is 512. The minimum Gasteiger partial charge on any atom is -0.406 e. The Morgan fingerprint density at radius 3 is 2.72 bits per heavy atom. The molecule has 96 valence electrons. The predicted molar refractivity (Wildman–Crippen MR) is 55.5 cm³/mol. The molecule has 1 unspecified atom stereocenters. The number of H-pyrrole nitrogens is 1. The average molecular weight is 258 g/mol. The van der Waals surface area contributed by atoms with Crippen molar-refractivity contribution in [3.63, 3.8) is 0 Å². The number of hydrogen-bond donors (Lipinski definition) is 2. The summed E-state index contributed by atoms with van der Waals surface area (Å²) in [5.74, 6) is 0.0362. The Morgan fingerprint density at radius 2 is 2.11 bits per heavy atom. The van der Waals surface area contributed by atoms with E-state index in [2.05, 4.69) is 19.9 Å². The minimum atomic E-state index is -4.73. The Hall–Kier alpha value is -2.09. The summed E-state index contributed by atoms with van der Waals surface area (Å²) in [6.07, 6.45) is -3.46. The van der Waals surface area contributed by atoms with Crippen LogP contribution in [-0.2, 0) is 0 Å². The first-order valence-electron chi connectivity index (χ1n) is 4.92. The number of aromatic amines is 1. The third kappa shape index (κ3) is 2.98. The largest absolute Gasteiger partial charge is 0.573 e. The maximum Gasteiger partial charge on any atom is 0.573 e. The van der Waals surface area contributed by atoms with Gasteiger partial charge < -0.3 is 10.5 Å². The zero-order valence-electron chi connectivity index (χ0n) is 8.98. The van der Waals surface area contributed by atoms with E-state index in [0.29, 0.717) is 11.4 Å². The van der Waals surface area contributed by atoms with Crippen molar-refractivity contribution in [2.24, 2.45) is 5.73 Å². The summed E-state index contributed by atoms with van der Waals surface area (Å²) in [6, 6.07) is 4.72. The van der Waals surface area contributed by atoms with E-state index in [1.54, 1.807) is 6.07 Å². The molecule has 2 rings (SSSR count). The molecule has 0 spiro atoms. The Morgan fingerprint density at radius 1 is 1.33 bits per heavy atom. The number of nitrogens with one attached hydrogen (secondary N) is 1. The van der Waals surface area contributed by atoms with Crippen LogP contribution in [0, 0.1) is 0 Å². The highest BCUT2D eigenvalue weighted by Crippen LogP contribution is 2.26. The number of alkyl halides is 3. The van der Waals surface area contributed by atoms with Gasteiger partial charge >= 0.3 is 6.36 Å². The average Bonchev–Trinajstić information content (AvgIpc) is 2.79. The highest BCUT2D eigenvalue weighted by molar-refractivity contribution is 5.32. The molecule has 1 atom stereocenters. The van der Waals surface area contributed by atoms with Crippen LogP contribution in [0.15, 0.2) is 30.6 Å². The summed E-state index contributed by atoms with van der Waals surface area (Å²) in [7, 11) is 0. The number of ether oxygens (including phenoxy) is 1. The van der Waals surface area contributed by atoms with Gasteiger partial charge in [-0.2, -0.15) is 5.10 Å². The quantitative estimate of drug-likeness (QED) is 0.879. The molecule has 8 heteroatoms. The molecule has 1 heterocycles. The van der Waals surface area contributed by atoms with Gasteiger partial charge in [0.25, 0.3) is 0 Å². The summed E-state index contributed by atoms with van der Waals surface area (Å²) in [4.78, 5) is 3.84. The Kier molecular flexibility index (Phi) is 3.19. The number of nitrogens with two attached hydrogens (primary N) is 1. The lowest BCUT2D eigenvalue weighted by Crippen LogP contribution is -2.18. The van der Waals surface area contributed by atoms with Crippen molar-refractivity contribution >= 4 is 0 Å². The molecule has 0 radical (unpaired) electrons. The van der Waals surface area contributed by atoms with Crippen molar-refractivity contribution in [1.29, 1.82) is 0 Å². The van der Waals surface area contributed by atoms with Gasteiger partial charge in [0.2, 0.25) is 0 Å². The van der Waals surface area contributed by atoms with Gasteiger partial charge in [0.15, 0.2) is 0 Å². The van der Waals surface area contributed by atoms with Crippen LogP contribution < -0.4 is 10.5 Å². The number of benzene rings is 1. The van der Waals surface area contributed by atoms with E-state index in [1.165, 1.54) is 24.5 Å². The van der Waals surface area contributed by atoms with Gasteiger partial charge in [0.1, 0.15) is 17.9 Å². The van der Waals surface area contributed by atoms with Crippen LogP contribution in [0.2, 0.25) is 0 Å². The summed E-state index contributed by atoms with van der Waals surface area (Å²) in [6.45, 7) is 0. The fourth-order valence-corrected chi connectivity index (χ4v) is 1.43. The maximum absolute atomic E-state index is 12.1. The van der Waals surface area contributed by atoms with E-state index >= 15 is 0 Å². The molecule has 0 amide bonds. The normalized spacial score (nSPS) is 13.3. The predicted octanol–water partition coefficient (Wildman–Crippen LogP) is 1.75. The first kappa shape index (κ1) is 12.4. The lowest BCUT2D eigenvalue weighted by molar-refractivity contribution is -0.274. The molecule has 2 aromatic rings. The van der Waals surface area contributed by atoms with E-state index in [1.807, 2.05) is 0 Å². The fourth-order valence-electron chi connectivity index (χ4n) is 1.43. The molecular formula is C10H9F3N4O. The molecule has 0 fully saturated rings. The third-order valence-electron chi connectivity index (χ3n) is 2.18. The molecule has 1 aromatic carbocycles. The number of rotatable bonds is 3. The number of halogens is 3. The first-order chi connectivity index (χ1) is 8.46. The molecule has 5 nitrogen and oxygen atoms in total. The van der Waals surface area contributed by atoms with Crippen molar-refractivity contribution in [2.45, 2.75) is 12.4 Å². The molecule has 0 aliphatic rings. The number of aromatic nitrogens is 3. The van der Waals surface area contributed by atoms with Gasteiger partial charge in [-0.05, 0) is 17.7 Å². The summed E-state index contributed by atoms with van der Waals surface area (Å²) in [5.41, 5.74) is 6.26. The molecule has 18 heavy (non-hydrogen) atoms. The van der Waals surface area contributed by atoms with E-state index in [0.717, 1.165) is 0 Å². The van der Waals surface area contributed by atoms with Crippen LogP contribution in [0.3, 0.4) is 0 Å². The SMILES string of the molecule is NC(c1cccc(OC(F)(F)F)c1)c1ncn[nH]1. The summed E-state index contributed by atoms with van der Waals surface area (Å²) >= 11 is 0. The van der Waals surface area contributed by atoms with Gasteiger partial charge in [0, 0.05) is 0 Å². The highest BCUT2D eigenvalue weighted by Gasteiger charge is 2.31. The van der Waals surface area contributed by atoms with Crippen LogP contribution in [0.4, 0.5) is 13.2 Å². The molecule has 0 aliphatic carbocycles. The van der Waals surface area contributed by atoms with Gasteiger partial charge in [-0.1, -0.05) is 12.1 Å². The molecule has 0 saturated heterocycles. The van der Waals surface area contributed by atoms with Gasteiger partial charge in [-0.25, -0.2) is 4.98 Å². The lowest BCUT2D eigenvalue weighted by Gasteiger charge is -2.12. The second-order valence-electron chi connectivity index (χ2n) is 3.47. The van der Waals surface area contributed by atoms with E-state index in [9.17, 15) is 13.2 Å². The smallest absolute Gasteiger partial charge is 0.406 e. The zero-order chi connectivity index (χ0) is 13.2. The third-order valence-corrected chi connectivity index (χ3v) is 2.18. The van der Waals surface area contributed by atoms with Crippen molar-refractivity contribution in [1.82, 2.24) is 15.2 Å². The van der Waals surface area contributed by atoms with Crippen LogP contribution in [0.1, 0.15) is 17.4 Å². The molecule has 0 aliphatic heterocycles. The second-order valence-corrected chi connectivity index (χ2v) is 3.47. The van der Waals surface area contributed by atoms with E-state index in [4.69, 9.17) is 5.73 Å². The maximum atomic E-state index is 12.1. The van der Waals surface area contributed by atoms with Crippen molar-refractivity contribution in [3.05, 3.63) is 42.0 Å². The molecule has 0 saturated carbocycles. The van der Waals surface area contributed by atoms with Crippen molar-refractivity contribution in [2.75, 3.05) is 0 Å². The minimum absolute atomic E-state index is 0.324. The van der Waals surface area contributed by atoms with Gasteiger partial charge in [0.05, 0.1) is 6.04 Å². The monoisotopic (exact) mass is 258 g/mol. The summed E-state index contributed by atoms with van der Waals surface area (Å²) in [5, 5.41) is 6.18. The number of nitrogens with zero attached hydrogens (tertiary/aromatic N) is 2. The molecule has 1 aromatic heterocycles. The topological polar surface area (TPSA) is 76.8 Å². The molecule has 0 bridgehead atoms. The fraction of sp³-hybridized carbons (Fsp3) is 0.200. The van der Waals surface area contributed by atoms with Gasteiger partial charge in [-0.15, -0.1) is 13.2 Å². The van der Waals surface area contributed by atoms with Crippen molar-refractivity contribution in [3.8, 4) is 5.75 Å². The zero-order valence-corrected chi connectivity index (χ0v) is 8.98. The van der Waals surface area contributed by atoms with Crippen LogP contribution in [0.25, 0.3) is 0 Å². The highest BCUT2D eigenvalue weighted by atomic mass is 19.4.